The number of halogens is 1. The van der Waals surface area contributed by atoms with E-state index in [2.05, 4.69) is 6.58 Å². The molecule has 0 atom stereocenters. The number of rotatable bonds is 5. The molecule has 19 heavy (non-hydrogen) atoms. The molecule has 0 saturated heterocycles. The summed E-state index contributed by atoms with van der Waals surface area (Å²) in [5, 5.41) is -0.445. The van der Waals surface area contributed by atoms with E-state index in [4.69, 9.17) is 16.3 Å². The van der Waals surface area contributed by atoms with Crippen LogP contribution in [0.25, 0.3) is 11.1 Å². The summed E-state index contributed by atoms with van der Waals surface area (Å²) in [6.45, 7) is 4.09. The SMILES string of the molecule is C=CCOc1ccc(-c2ccc(C(=O)Cl)cc2)cc1. The molecule has 0 fully saturated rings. The summed E-state index contributed by atoms with van der Waals surface area (Å²) in [6, 6.07) is 14.9. The fourth-order valence-corrected chi connectivity index (χ4v) is 1.82. The van der Waals surface area contributed by atoms with Gasteiger partial charge in [-0.1, -0.05) is 36.9 Å². The van der Waals surface area contributed by atoms with E-state index in [9.17, 15) is 4.79 Å². The maximum atomic E-state index is 11.0. The minimum Gasteiger partial charge on any atom is -0.490 e. The van der Waals surface area contributed by atoms with Gasteiger partial charge in [0, 0.05) is 5.56 Å². The van der Waals surface area contributed by atoms with Crippen LogP contribution in [0.5, 0.6) is 5.75 Å². The van der Waals surface area contributed by atoms with Gasteiger partial charge in [-0.2, -0.15) is 0 Å². The molecular formula is C16H13ClO2. The van der Waals surface area contributed by atoms with E-state index in [1.807, 2.05) is 36.4 Å². The first-order valence-corrected chi connectivity index (χ1v) is 6.22. The van der Waals surface area contributed by atoms with Crippen molar-refractivity contribution in [2.24, 2.45) is 0 Å². The molecule has 96 valence electrons. The first kappa shape index (κ1) is 13.4. The second-order valence-corrected chi connectivity index (χ2v) is 4.32. The third-order valence-corrected chi connectivity index (χ3v) is 2.89. The number of ether oxygens (including phenoxy) is 1. The molecule has 0 aromatic heterocycles. The van der Waals surface area contributed by atoms with E-state index in [0.717, 1.165) is 16.9 Å². The van der Waals surface area contributed by atoms with E-state index >= 15 is 0 Å². The lowest BCUT2D eigenvalue weighted by Gasteiger charge is -2.05. The second kappa shape index (κ2) is 6.21. The highest BCUT2D eigenvalue weighted by atomic mass is 35.5. The molecular weight excluding hydrogens is 260 g/mol. The Kier molecular flexibility index (Phi) is 4.37. The molecule has 2 aromatic rings. The largest absolute Gasteiger partial charge is 0.490 e. The van der Waals surface area contributed by atoms with Crippen molar-refractivity contribution in [1.82, 2.24) is 0 Å². The molecule has 0 aliphatic carbocycles. The monoisotopic (exact) mass is 272 g/mol. The zero-order chi connectivity index (χ0) is 13.7. The van der Waals surface area contributed by atoms with Crippen molar-refractivity contribution in [2.75, 3.05) is 6.61 Å². The van der Waals surface area contributed by atoms with E-state index in [0.29, 0.717) is 12.2 Å². The van der Waals surface area contributed by atoms with Crippen LogP contribution in [-0.2, 0) is 0 Å². The lowest BCUT2D eigenvalue weighted by atomic mass is 10.0. The second-order valence-electron chi connectivity index (χ2n) is 3.98. The van der Waals surface area contributed by atoms with E-state index in [-0.39, 0.29) is 0 Å². The highest BCUT2D eigenvalue weighted by Gasteiger charge is 2.02. The van der Waals surface area contributed by atoms with Gasteiger partial charge in [0.25, 0.3) is 5.24 Å². The summed E-state index contributed by atoms with van der Waals surface area (Å²) in [7, 11) is 0. The number of hydrogen-bond donors (Lipinski definition) is 0. The van der Waals surface area contributed by atoms with Gasteiger partial charge >= 0.3 is 0 Å². The van der Waals surface area contributed by atoms with Crippen LogP contribution in [0.15, 0.2) is 61.2 Å². The third-order valence-electron chi connectivity index (χ3n) is 2.67. The van der Waals surface area contributed by atoms with Crippen molar-refractivity contribution >= 4 is 16.8 Å². The van der Waals surface area contributed by atoms with Crippen LogP contribution >= 0.6 is 11.6 Å². The summed E-state index contributed by atoms with van der Waals surface area (Å²) in [4.78, 5) is 11.0. The average molecular weight is 273 g/mol. The molecule has 0 unspecified atom stereocenters. The van der Waals surface area contributed by atoms with Gasteiger partial charge in [-0.05, 0) is 47.0 Å². The summed E-state index contributed by atoms with van der Waals surface area (Å²) in [5.41, 5.74) is 2.58. The minimum absolute atomic E-state index is 0.445. The molecule has 2 nitrogen and oxygen atoms in total. The van der Waals surface area contributed by atoms with Crippen molar-refractivity contribution in [2.45, 2.75) is 0 Å². The predicted molar refractivity (Wildman–Crippen MR) is 77.8 cm³/mol. The fraction of sp³-hybridized carbons (Fsp3) is 0.0625. The lowest BCUT2D eigenvalue weighted by Crippen LogP contribution is -1.92. The fourth-order valence-electron chi connectivity index (χ4n) is 1.69. The number of carbonyl (C=O) groups excluding carboxylic acids is 1. The standard InChI is InChI=1S/C16H13ClO2/c1-2-11-19-15-9-7-13(8-10-15)12-3-5-14(6-4-12)16(17)18/h2-10H,1,11H2. The van der Waals surface area contributed by atoms with Gasteiger partial charge in [0.2, 0.25) is 0 Å². The molecule has 0 N–H and O–H groups in total. The zero-order valence-corrected chi connectivity index (χ0v) is 11.1. The quantitative estimate of drug-likeness (QED) is 0.599. The van der Waals surface area contributed by atoms with E-state index < -0.39 is 5.24 Å². The third kappa shape index (κ3) is 3.46. The first-order valence-electron chi connectivity index (χ1n) is 5.85. The molecule has 0 aliphatic rings. The Bertz CT molecular complexity index is 571. The maximum absolute atomic E-state index is 11.0. The Morgan fingerprint density at radius 1 is 1.05 bits per heavy atom. The molecule has 0 aliphatic heterocycles. The summed E-state index contributed by atoms with van der Waals surface area (Å²) in [5.74, 6) is 0.802. The molecule has 2 aromatic carbocycles. The smallest absolute Gasteiger partial charge is 0.252 e. The molecule has 0 amide bonds. The molecule has 0 bridgehead atoms. The Hall–Kier alpha value is -2.06. The summed E-state index contributed by atoms with van der Waals surface area (Å²) >= 11 is 5.41. The van der Waals surface area contributed by atoms with E-state index in [1.165, 1.54) is 0 Å². The Morgan fingerprint density at radius 3 is 2.05 bits per heavy atom. The van der Waals surface area contributed by atoms with Crippen LogP contribution in [-0.4, -0.2) is 11.8 Å². The molecule has 3 heteroatoms. The normalized spacial score (nSPS) is 9.95. The lowest BCUT2D eigenvalue weighted by molar-refractivity contribution is 0.108. The van der Waals surface area contributed by atoms with Crippen LogP contribution in [0.3, 0.4) is 0 Å². The van der Waals surface area contributed by atoms with Gasteiger partial charge in [-0.15, -0.1) is 0 Å². The number of hydrogen-bond acceptors (Lipinski definition) is 2. The van der Waals surface area contributed by atoms with Gasteiger partial charge in [0.05, 0.1) is 0 Å². The van der Waals surface area contributed by atoms with Gasteiger partial charge in [0.1, 0.15) is 12.4 Å². The zero-order valence-electron chi connectivity index (χ0n) is 10.3. The average Bonchev–Trinajstić information content (AvgIpc) is 2.46. The highest BCUT2D eigenvalue weighted by molar-refractivity contribution is 6.67. The Labute approximate surface area is 117 Å². The van der Waals surface area contributed by atoms with Gasteiger partial charge in [-0.3, -0.25) is 4.79 Å². The van der Waals surface area contributed by atoms with Crippen LogP contribution in [0.4, 0.5) is 0 Å². The van der Waals surface area contributed by atoms with Crippen LogP contribution in [0, 0.1) is 0 Å². The topological polar surface area (TPSA) is 26.3 Å². The van der Waals surface area contributed by atoms with Crippen molar-refractivity contribution in [3.8, 4) is 16.9 Å². The van der Waals surface area contributed by atoms with Crippen molar-refractivity contribution in [1.29, 1.82) is 0 Å². The van der Waals surface area contributed by atoms with Crippen LogP contribution in [0.1, 0.15) is 10.4 Å². The van der Waals surface area contributed by atoms with Gasteiger partial charge in [0.15, 0.2) is 0 Å². The van der Waals surface area contributed by atoms with Crippen molar-refractivity contribution < 1.29 is 9.53 Å². The van der Waals surface area contributed by atoms with Crippen LogP contribution < -0.4 is 4.74 Å². The molecule has 0 saturated carbocycles. The Morgan fingerprint density at radius 2 is 1.58 bits per heavy atom. The van der Waals surface area contributed by atoms with Gasteiger partial charge in [-0.25, -0.2) is 0 Å². The number of carbonyl (C=O) groups is 1. The van der Waals surface area contributed by atoms with E-state index in [1.54, 1.807) is 18.2 Å². The number of benzene rings is 2. The van der Waals surface area contributed by atoms with Gasteiger partial charge < -0.3 is 4.74 Å². The summed E-state index contributed by atoms with van der Waals surface area (Å²) < 4.78 is 5.42. The van der Waals surface area contributed by atoms with Crippen molar-refractivity contribution in [3.63, 3.8) is 0 Å². The molecule has 0 spiro atoms. The van der Waals surface area contributed by atoms with Crippen LogP contribution in [0.2, 0.25) is 0 Å². The molecule has 0 radical (unpaired) electrons. The molecule has 2 rings (SSSR count). The predicted octanol–water partition coefficient (Wildman–Crippen LogP) is 4.30. The Balaban J connectivity index is 2.17. The van der Waals surface area contributed by atoms with Crippen molar-refractivity contribution in [3.05, 3.63) is 66.7 Å². The minimum atomic E-state index is -0.445. The first-order chi connectivity index (χ1) is 9.20. The maximum Gasteiger partial charge on any atom is 0.252 e. The highest BCUT2D eigenvalue weighted by Crippen LogP contribution is 2.23. The summed E-state index contributed by atoms with van der Waals surface area (Å²) in [6.07, 6.45) is 1.70. The molecule has 0 heterocycles.